The fraction of sp³-hybridized carbons (Fsp3) is 0. The number of rotatable bonds is 2. The molecule has 2 rings (SSSR count). The third kappa shape index (κ3) is 1.96. The Kier molecular flexibility index (Phi) is 2.37. The van der Waals surface area contributed by atoms with Crippen molar-refractivity contribution in [3.63, 3.8) is 0 Å². The second kappa shape index (κ2) is 3.83. The molecule has 1 heterocycles. The van der Waals surface area contributed by atoms with Crippen molar-refractivity contribution in [2.75, 3.05) is 0 Å². The number of nitro groups is 1. The molecule has 1 aromatic heterocycles. The Balaban J connectivity index is 2.36. The summed E-state index contributed by atoms with van der Waals surface area (Å²) >= 11 is 0. The molecule has 0 aliphatic carbocycles. The van der Waals surface area contributed by atoms with Crippen molar-refractivity contribution in [1.29, 1.82) is 0 Å². The maximum Gasteiger partial charge on any atom is 0.269 e. The van der Waals surface area contributed by atoms with E-state index in [1.54, 1.807) is 30.6 Å². The van der Waals surface area contributed by atoms with Crippen LogP contribution in [0.1, 0.15) is 0 Å². The summed E-state index contributed by atoms with van der Waals surface area (Å²) in [5.41, 5.74) is 1.86. The lowest BCUT2D eigenvalue weighted by Crippen LogP contribution is -1.87. The van der Waals surface area contributed by atoms with Crippen molar-refractivity contribution in [2.45, 2.75) is 0 Å². The van der Waals surface area contributed by atoms with Gasteiger partial charge in [-0.05, 0) is 23.8 Å². The van der Waals surface area contributed by atoms with Crippen LogP contribution in [0.3, 0.4) is 0 Å². The van der Waals surface area contributed by atoms with Gasteiger partial charge in [-0.3, -0.25) is 10.1 Å². The summed E-state index contributed by atoms with van der Waals surface area (Å²) in [6.07, 6.45) is 3.19. The maximum absolute atomic E-state index is 10.4. The predicted molar refractivity (Wildman–Crippen MR) is 54.1 cm³/mol. The molecule has 0 fully saturated rings. The molecule has 2 aromatic rings. The molecule has 0 unspecified atom stereocenters. The van der Waals surface area contributed by atoms with Gasteiger partial charge in [-0.1, -0.05) is 0 Å². The molecule has 0 N–H and O–H groups in total. The fourth-order valence-corrected chi connectivity index (χ4v) is 1.24. The highest BCUT2D eigenvalue weighted by atomic mass is 16.6. The zero-order valence-electron chi connectivity index (χ0n) is 7.70. The Bertz CT molecular complexity index is 468. The van der Waals surface area contributed by atoms with Crippen LogP contribution in [0.5, 0.6) is 0 Å². The van der Waals surface area contributed by atoms with Crippen molar-refractivity contribution < 1.29 is 4.92 Å². The Morgan fingerprint density at radius 1 is 1.00 bits per heavy atom. The number of nitrogens with zero attached hydrogens (tertiary/aromatic N) is 3. The molecule has 0 aliphatic heterocycles. The van der Waals surface area contributed by atoms with Crippen LogP contribution in [-0.2, 0) is 0 Å². The smallest absolute Gasteiger partial charge is 0.258 e. The lowest BCUT2D eigenvalue weighted by atomic mass is 10.1. The molecule has 0 aliphatic rings. The maximum atomic E-state index is 10.4. The van der Waals surface area contributed by atoms with Gasteiger partial charge < -0.3 is 0 Å². The van der Waals surface area contributed by atoms with Crippen LogP contribution >= 0.6 is 0 Å². The second-order valence-corrected chi connectivity index (χ2v) is 2.94. The Labute approximate surface area is 85.5 Å². The summed E-state index contributed by atoms with van der Waals surface area (Å²) in [6, 6.07) is 8.12. The van der Waals surface area contributed by atoms with E-state index in [1.807, 2.05) is 0 Å². The first-order chi connectivity index (χ1) is 7.27. The first kappa shape index (κ1) is 9.26. The molecule has 0 atom stereocenters. The Hall–Kier alpha value is -2.30. The standard InChI is InChI=1S/C10H7N3O2/c14-13(15)10-3-1-8(2-4-10)9-5-6-11-12-7-9/h1-7H. The van der Waals surface area contributed by atoms with Crippen LogP contribution in [0.15, 0.2) is 42.7 Å². The molecule has 15 heavy (non-hydrogen) atoms. The van der Waals surface area contributed by atoms with Gasteiger partial charge in [-0.2, -0.15) is 10.2 Å². The highest BCUT2D eigenvalue weighted by Gasteiger charge is 2.04. The van der Waals surface area contributed by atoms with Crippen LogP contribution in [0, 0.1) is 10.1 Å². The minimum absolute atomic E-state index is 0.0840. The highest BCUT2D eigenvalue weighted by Crippen LogP contribution is 2.20. The summed E-state index contributed by atoms with van der Waals surface area (Å²) < 4.78 is 0. The zero-order valence-corrected chi connectivity index (χ0v) is 7.70. The van der Waals surface area contributed by atoms with Crippen molar-refractivity contribution in [3.8, 4) is 11.1 Å². The minimum Gasteiger partial charge on any atom is -0.258 e. The molecule has 0 spiro atoms. The van der Waals surface area contributed by atoms with Gasteiger partial charge in [0.05, 0.1) is 17.3 Å². The average Bonchev–Trinajstić information content (AvgIpc) is 2.30. The summed E-state index contributed by atoms with van der Waals surface area (Å²) in [5, 5.41) is 17.8. The van der Waals surface area contributed by atoms with Gasteiger partial charge in [0.2, 0.25) is 0 Å². The van der Waals surface area contributed by atoms with E-state index in [-0.39, 0.29) is 5.69 Å². The van der Waals surface area contributed by atoms with Crippen molar-refractivity contribution >= 4 is 5.69 Å². The van der Waals surface area contributed by atoms with Gasteiger partial charge >= 0.3 is 0 Å². The van der Waals surface area contributed by atoms with Crippen LogP contribution in [0.4, 0.5) is 5.69 Å². The molecule has 0 radical (unpaired) electrons. The van der Waals surface area contributed by atoms with E-state index in [0.717, 1.165) is 11.1 Å². The van der Waals surface area contributed by atoms with Crippen LogP contribution in [0.2, 0.25) is 0 Å². The summed E-state index contributed by atoms with van der Waals surface area (Å²) in [6.45, 7) is 0. The predicted octanol–water partition coefficient (Wildman–Crippen LogP) is 2.05. The number of non-ortho nitro benzene ring substituents is 1. The van der Waals surface area contributed by atoms with Gasteiger partial charge in [0.15, 0.2) is 0 Å². The third-order valence-electron chi connectivity index (χ3n) is 2.00. The van der Waals surface area contributed by atoms with E-state index >= 15 is 0 Å². The van der Waals surface area contributed by atoms with E-state index in [2.05, 4.69) is 10.2 Å². The fourth-order valence-electron chi connectivity index (χ4n) is 1.24. The summed E-state index contributed by atoms with van der Waals surface area (Å²) in [4.78, 5) is 10.0. The molecule has 5 nitrogen and oxygen atoms in total. The quantitative estimate of drug-likeness (QED) is 0.550. The lowest BCUT2D eigenvalue weighted by molar-refractivity contribution is -0.384. The second-order valence-electron chi connectivity index (χ2n) is 2.94. The highest BCUT2D eigenvalue weighted by molar-refractivity contribution is 5.63. The number of aromatic nitrogens is 2. The molecule has 5 heteroatoms. The van der Waals surface area contributed by atoms with Crippen LogP contribution < -0.4 is 0 Å². The topological polar surface area (TPSA) is 68.9 Å². The lowest BCUT2D eigenvalue weighted by Gasteiger charge is -1.98. The number of benzene rings is 1. The molecular formula is C10H7N3O2. The molecule has 1 aromatic carbocycles. The molecule has 0 saturated heterocycles. The summed E-state index contributed by atoms with van der Waals surface area (Å²) in [7, 11) is 0. The van der Waals surface area contributed by atoms with Gasteiger partial charge in [0.25, 0.3) is 5.69 Å². The molecule has 0 bridgehead atoms. The van der Waals surface area contributed by atoms with Crippen LogP contribution in [-0.4, -0.2) is 15.1 Å². The van der Waals surface area contributed by atoms with E-state index in [0.29, 0.717) is 0 Å². The van der Waals surface area contributed by atoms with E-state index in [4.69, 9.17) is 0 Å². The van der Waals surface area contributed by atoms with Crippen molar-refractivity contribution in [1.82, 2.24) is 10.2 Å². The van der Waals surface area contributed by atoms with Crippen LogP contribution in [0.25, 0.3) is 11.1 Å². The summed E-state index contributed by atoms with van der Waals surface area (Å²) in [5.74, 6) is 0. The minimum atomic E-state index is -0.422. The molecular weight excluding hydrogens is 194 g/mol. The Morgan fingerprint density at radius 2 is 1.73 bits per heavy atom. The van der Waals surface area contributed by atoms with Crippen molar-refractivity contribution in [3.05, 3.63) is 52.8 Å². The van der Waals surface area contributed by atoms with E-state index in [9.17, 15) is 10.1 Å². The molecule has 0 saturated carbocycles. The SMILES string of the molecule is O=[N+]([O-])c1ccc(-c2ccnnc2)cc1. The normalized spacial score (nSPS) is 9.87. The van der Waals surface area contributed by atoms with Gasteiger partial charge in [-0.15, -0.1) is 0 Å². The number of hydrogen-bond acceptors (Lipinski definition) is 4. The largest absolute Gasteiger partial charge is 0.269 e. The first-order valence-electron chi connectivity index (χ1n) is 4.29. The van der Waals surface area contributed by atoms with Gasteiger partial charge in [-0.25, -0.2) is 0 Å². The zero-order chi connectivity index (χ0) is 10.7. The molecule has 0 amide bonds. The first-order valence-corrected chi connectivity index (χ1v) is 4.29. The van der Waals surface area contributed by atoms with Gasteiger partial charge in [0, 0.05) is 17.7 Å². The van der Waals surface area contributed by atoms with Crippen molar-refractivity contribution in [2.24, 2.45) is 0 Å². The molecule has 74 valence electrons. The monoisotopic (exact) mass is 201 g/mol. The third-order valence-corrected chi connectivity index (χ3v) is 2.00. The van der Waals surface area contributed by atoms with E-state index in [1.165, 1.54) is 12.1 Å². The Morgan fingerprint density at radius 3 is 2.27 bits per heavy atom. The van der Waals surface area contributed by atoms with E-state index < -0.39 is 4.92 Å². The van der Waals surface area contributed by atoms with Gasteiger partial charge in [0.1, 0.15) is 0 Å². The number of hydrogen-bond donors (Lipinski definition) is 0. The average molecular weight is 201 g/mol. The number of nitro benzene ring substituents is 1.